The molecule has 0 bridgehead atoms. The summed E-state index contributed by atoms with van der Waals surface area (Å²) in [5.74, 6) is 0. The van der Waals surface area contributed by atoms with Crippen molar-refractivity contribution in [2.75, 3.05) is 0 Å². The van der Waals surface area contributed by atoms with Crippen molar-refractivity contribution in [3.05, 3.63) is 57.9 Å². The van der Waals surface area contributed by atoms with Gasteiger partial charge in [0.25, 0.3) is 0 Å². The number of nitrogens with one attached hydrogen (secondary N) is 1. The van der Waals surface area contributed by atoms with Gasteiger partial charge in [-0.15, -0.1) is 0 Å². The zero-order valence-electron chi connectivity index (χ0n) is 19.5. The lowest BCUT2D eigenvalue weighted by atomic mass is 9.90. The summed E-state index contributed by atoms with van der Waals surface area (Å²) in [4.78, 5) is 12.0. The molecular formula is C25H35NO4Si. The van der Waals surface area contributed by atoms with Gasteiger partial charge in [0.15, 0.2) is 0 Å². The van der Waals surface area contributed by atoms with Crippen LogP contribution in [0.3, 0.4) is 0 Å². The molecule has 2 aliphatic carbocycles. The molecule has 0 radical (unpaired) electrons. The monoisotopic (exact) mass is 441 g/mol. The zero-order chi connectivity index (χ0) is 23.0. The van der Waals surface area contributed by atoms with Crippen LogP contribution in [-0.4, -0.2) is 42.2 Å². The van der Waals surface area contributed by atoms with Gasteiger partial charge in [-0.3, -0.25) is 5.32 Å². The summed E-state index contributed by atoms with van der Waals surface area (Å²) in [7, 11) is -1.65. The Kier molecular flexibility index (Phi) is 6.65. The number of rotatable bonds is 3. The molecule has 31 heavy (non-hydrogen) atoms. The van der Waals surface area contributed by atoms with E-state index in [1.54, 1.807) is 6.20 Å². The van der Waals surface area contributed by atoms with Crippen LogP contribution in [0.2, 0.25) is 19.6 Å². The first-order valence-corrected chi connectivity index (χ1v) is 14.6. The maximum absolute atomic E-state index is 12.0. The van der Waals surface area contributed by atoms with Crippen molar-refractivity contribution in [3.8, 4) is 0 Å². The molecule has 0 heterocycles. The molecule has 0 unspecified atom stereocenters. The average molecular weight is 442 g/mol. The first kappa shape index (κ1) is 23.5. The Morgan fingerprint density at radius 2 is 1.87 bits per heavy atom. The van der Waals surface area contributed by atoms with Crippen LogP contribution in [0.5, 0.6) is 0 Å². The van der Waals surface area contributed by atoms with E-state index in [9.17, 15) is 15.0 Å². The van der Waals surface area contributed by atoms with Crippen molar-refractivity contribution < 1.29 is 19.7 Å². The van der Waals surface area contributed by atoms with Gasteiger partial charge in [0.2, 0.25) is 0 Å². The van der Waals surface area contributed by atoms with E-state index < -0.39 is 32.0 Å². The lowest BCUT2D eigenvalue weighted by molar-refractivity contribution is 0.0553. The van der Waals surface area contributed by atoms with Crippen molar-refractivity contribution in [1.82, 2.24) is 5.32 Å². The van der Waals surface area contributed by atoms with E-state index in [2.05, 4.69) is 36.7 Å². The number of carbonyl (C=O) groups is 1. The van der Waals surface area contributed by atoms with Crippen LogP contribution < -0.4 is 5.32 Å². The number of aliphatic hydroxyl groups excluding tert-OH is 2. The molecular weight excluding hydrogens is 406 g/mol. The quantitative estimate of drug-likeness (QED) is 0.588. The second kappa shape index (κ2) is 8.77. The molecule has 0 saturated heterocycles. The molecule has 0 aromatic heterocycles. The van der Waals surface area contributed by atoms with Gasteiger partial charge < -0.3 is 14.9 Å². The summed E-state index contributed by atoms with van der Waals surface area (Å²) >= 11 is 0. The van der Waals surface area contributed by atoms with Crippen LogP contribution in [0, 0.1) is 0 Å². The molecule has 1 aromatic carbocycles. The summed E-state index contributed by atoms with van der Waals surface area (Å²) in [6, 6.07) is 6.14. The fourth-order valence-corrected chi connectivity index (χ4v) is 5.54. The molecule has 2 atom stereocenters. The van der Waals surface area contributed by atoms with E-state index in [0.29, 0.717) is 0 Å². The molecule has 5 nitrogen and oxygen atoms in total. The Labute approximate surface area is 186 Å². The average Bonchev–Trinajstić information content (AvgIpc) is 2.78. The molecule has 168 valence electrons. The molecule has 0 saturated carbocycles. The molecule has 6 heteroatoms. The summed E-state index contributed by atoms with van der Waals surface area (Å²) in [6.45, 7) is 12.2. The Hall–Kier alpha value is -2.15. The number of alkyl carbamates (subject to hydrolysis) is 1. The molecule has 3 rings (SSSR count). The van der Waals surface area contributed by atoms with Crippen molar-refractivity contribution in [2.24, 2.45) is 0 Å². The van der Waals surface area contributed by atoms with E-state index in [1.165, 1.54) is 5.56 Å². The van der Waals surface area contributed by atoms with Crippen molar-refractivity contribution in [2.45, 2.75) is 77.5 Å². The number of benzene rings is 1. The third-order valence-corrected chi connectivity index (χ3v) is 6.54. The number of hydrogen-bond donors (Lipinski definition) is 3. The highest BCUT2D eigenvalue weighted by Crippen LogP contribution is 2.46. The number of carbonyl (C=O) groups excluding carboxylic acids is 1. The Balaban J connectivity index is 2.04. The standard InChI is InChI=1S/C25H35NO4Si/c1-25(2,3)30-24(29)26-14-13-17-10-7-9-16-11-8-12-18-21(20(16)17)19(15-31(4,5)6)23(28)22(18)27/h7,9-10,13-15,22-23,27-28H,8,11-12H2,1-6H3,(H,26,29)/b14-13+,19-15-/t22-,23+/m0/s1. The maximum Gasteiger partial charge on any atom is 0.411 e. The molecule has 0 aliphatic heterocycles. The number of hydrogen-bond acceptors (Lipinski definition) is 4. The Morgan fingerprint density at radius 1 is 1.16 bits per heavy atom. The zero-order valence-corrected chi connectivity index (χ0v) is 20.5. The molecule has 1 aromatic rings. The number of aryl methyl sites for hydroxylation is 1. The summed E-state index contributed by atoms with van der Waals surface area (Å²) < 4.78 is 5.30. The van der Waals surface area contributed by atoms with Gasteiger partial charge in [0.05, 0.1) is 8.07 Å². The fourth-order valence-electron chi connectivity index (χ4n) is 4.29. The second-order valence-corrected chi connectivity index (χ2v) is 15.5. The first-order chi connectivity index (χ1) is 14.4. The van der Waals surface area contributed by atoms with E-state index in [0.717, 1.165) is 47.1 Å². The van der Waals surface area contributed by atoms with Crippen LogP contribution >= 0.6 is 0 Å². The number of aliphatic hydroxyl groups is 2. The van der Waals surface area contributed by atoms with Crippen LogP contribution in [-0.2, 0) is 11.2 Å². The summed E-state index contributed by atoms with van der Waals surface area (Å²) in [5.41, 5.74) is 7.62. The third kappa shape index (κ3) is 5.56. The van der Waals surface area contributed by atoms with Crippen molar-refractivity contribution in [1.29, 1.82) is 0 Å². The number of ether oxygens (including phenoxy) is 1. The smallest absolute Gasteiger partial charge is 0.411 e. The largest absolute Gasteiger partial charge is 0.444 e. The van der Waals surface area contributed by atoms with Gasteiger partial charge in [-0.2, -0.15) is 0 Å². The Bertz CT molecular complexity index is 947. The molecule has 3 N–H and O–H groups in total. The third-order valence-electron chi connectivity index (χ3n) is 5.36. The van der Waals surface area contributed by atoms with Gasteiger partial charge >= 0.3 is 6.09 Å². The maximum atomic E-state index is 12.0. The number of fused-ring (bicyclic) bond motifs is 2. The summed E-state index contributed by atoms with van der Waals surface area (Å²) in [6.07, 6.45) is 3.81. The minimum Gasteiger partial charge on any atom is -0.444 e. The topological polar surface area (TPSA) is 78.8 Å². The van der Waals surface area contributed by atoms with E-state index in [4.69, 9.17) is 4.74 Å². The van der Waals surface area contributed by atoms with Crippen molar-refractivity contribution >= 4 is 25.8 Å². The highest BCUT2D eigenvalue weighted by Gasteiger charge is 2.39. The van der Waals surface area contributed by atoms with Gasteiger partial charge in [-0.25, -0.2) is 4.79 Å². The minimum absolute atomic E-state index is 0.503. The lowest BCUT2D eigenvalue weighted by Crippen LogP contribution is -2.29. The molecule has 0 spiro atoms. The van der Waals surface area contributed by atoms with Gasteiger partial charge in [-0.05, 0) is 79.5 Å². The van der Waals surface area contributed by atoms with Crippen molar-refractivity contribution in [3.63, 3.8) is 0 Å². The second-order valence-electron chi connectivity index (χ2n) is 10.5. The SMILES string of the molecule is CC(C)(C)OC(=O)N/C=C/c1cccc2c1C1=C(CCC2)[C@H](O)[C@H](O)/C1=C\[Si](C)(C)C. The molecule has 0 fully saturated rings. The lowest BCUT2D eigenvalue weighted by Gasteiger charge is -2.20. The predicted molar refractivity (Wildman–Crippen MR) is 128 cm³/mol. The van der Waals surface area contributed by atoms with E-state index >= 15 is 0 Å². The van der Waals surface area contributed by atoms with Crippen LogP contribution in [0.15, 0.2) is 41.2 Å². The molecule has 1 amide bonds. The minimum atomic E-state index is -1.65. The highest BCUT2D eigenvalue weighted by atomic mass is 28.3. The first-order valence-electron chi connectivity index (χ1n) is 11.0. The van der Waals surface area contributed by atoms with Crippen LogP contribution in [0.4, 0.5) is 4.79 Å². The van der Waals surface area contributed by atoms with Gasteiger partial charge in [0.1, 0.15) is 17.8 Å². The number of amides is 1. The molecule has 2 aliphatic rings. The van der Waals surface area contributed by atoms with E-state index in [1.807, 2.05) is 39.0 Å². The summed E-state index contributed by atoms with van der Waals surface area (Å²) in [5, 5.41) is 24.4. The highest BCUT2D eigenvalue weighted by molar-refractivity contribution is 6.81. The van der Waals surface area contributed by atoms with Gasteiger partial charge in [-0.1, -0.05) is 43.5 Å². The van der Waals surface area contributed by atoms with Crippen LogP contribution in [0.1, 0.15) is 50.3 Å². The fraction of sp³-hybridized carbons (Fsp3) is 0.480. The predicted octanol–water partition coefficient (Wildman–Crippen LogP) is 4.81. The van der Waals surface area contributed by atoms with Gasteiger partial charge in [0, 0.05) is 6.20 Å². The van der Waals surface area contributed by atoms with E-state index in [-0.39, 0.29) is 0 Å². The van der Waals surface area contributed by atoms with Crippen LogP contribution in [0.25, 0.3) is 11.6 Å². The normalized spacial score (nSPS) is 23.0. The Morgan fingerprint density at radius 3 is 2.52 bits per heavy atom.